The number of aromatic nitrogens is 1. The van der Waals surface area contributed by atoms with E-state index in [9.17, 15) is 0 Å². The molecule has 0 aliphatic carbocycles. The van der Waals surface area contributed by atoms with Gasteiger partial charge in [0.1, 0.15) is 23.7 Å². The van der Waals surface area contributed by atoms with Crippen molar-refractivity contribution >= 4 is 29.9 Å². The van der Waals surface area contributed by atoms with E-state index in [-0.39, 0.29) is 35.6 Å². The number of nitrogens with zero attached hydrogens (tertiary/aromatic N) is 2. The Labute approximate surface area is 212 Å². The van der Waals surface area contributed by atoms with Crippen molar-refractivity contribution in [3.63, 3.8) is 0 Å². The Bertz CT molecular complexity index is 1060. The average molecular weight is 558 g/mol. The van der Waals surface area contributed by atoms with Crippen LogP contribution in [0.4, 0.5) is 0 Å². The number of halogens is 1. The van der Waals surface area contributed by atoms with Crippen LogP contribution in [0.3, 0.4) is 0 Å². The van der Waals surface area contributed by atoms with Gasteiger partial charge in [-0.1, -0.05) is 36.4 Å². The van der Waals surface area contributed by atoms with Gasteiger partial charge < -0.3 is 20.1 Å². The summed E-state index contributed by atoms with van der Waals surface area (Å²) < 4.78 is 12.0. The van der Waals surface area contributed by atoms with E-state index in [0.29, 0.717) is 13.2 Å². The van der Waals surface area contributed by atoms with Gasteiger partial charge in [0.05, 0.1) is 11.7 Å². The summed E-state index contributed by atoms with van der Waals surface area (Å²) in [6.07, 6.45) is 2.63. The summed E-state index contributed by atoms with van der Waals surface area (Å²) in [5, 5.41) is 6.98. The molecule has 2 N–H and O–H groups in total. The second kappa shape index (κ2) is 11.4. The summed E-state index contributed by atoms with van der Waals surface area (Å²) in [7, 11) is 1.79. The number of pyridine rings is 1. The topological polar surface area (TPSA) is 67.8 Å². The first-order valence-electron chi connectivity index (χ1n) is 10.9. The van der Waals surface area contributed by atoms with Crippen molar-refractivity contribution in [2.45, 2.75) is 45.1 Å². The average Bonchev–Trinajstić information content (AvgIpc) is 2.81. The molecule has 6 nitrogen and oxygen atoms in total. The van der Waals surface area contributed by atoms with E-state index in [1.54, 1.807) is 13.2 Å². The molecule has 0 radical (unpaired) electrons. The molecular formula is C26H31IN4O2. The van der Waals surface area contributed by atoms with E-state index in [0.717, 1.165) is 40.7 Å². The minimum absolute atomic E-state index is 0. The van der Waals surface area contributed by atoms with Gasteiger partial charge in [0.15, 0.2) is 5.96 Å². The van der Waals surface area contributed by atoms with Crippen molar-refractivity contribution in [1.82, 2.24) is 15.6 Å². The highest BCUT2D eigenvalue weighted by molar-refractivity contribution is 14.0. The molecule has 1 unspecified atom stereocenters. The molecule has 0 bridgehead atoms. The van der Waals surface area contributed by atoms with Gasteiger partial charge in [-0.25, -0.2) is 0 Å². The Morgan fingerprint density at radius 1 is 1.09 bits per heavy atom. The third kappa shape index (κ3) is 6.83. The standard InChI is InChI=1S/C26H30N4O2.HI/c1-26(2)16-23(22-9-4-5-10-24(22)32-26)30-25(27-3)29-17-19-11-13-21(14-12-19)31-18-20-8-6-7-15-28-20;/h4-15,23H,16-18H2,1-3H3,(H2,27,29,30);1H. The first kappa shape index (κ1) is 24.8. The zero-order valence-electron chi connectivity index (χ0n) is 19.2. The van der Waals surface area contributed by atoms with Gasteiger partial charge in [0.25, 0.3) is 0 Å². The number of para-hydroxylation sites is 1. The predicted molar refractivity (Wildman–Crippen MR) is 142 cm³/mol. The fourth-order valence-electron chi connectivity index (χ4n) is 3.82. The third-order valence-electron chi connectivity index (χ3n) is 5.41. The lowest BCUT2D eigenvalue weighted by Crippen LogP contribution is -2.45. The molecule has 0 saturated carbocycles. The highest BCUT2D eigenvalue weighted by Crippen LogP contribution is 2.39. The minimum atomic E-state index is -0.240. The molecule has 1 aliphatic rings. The van der Waals surface area contributed by atoms with E-state index >= 15 is 0 Å². The summed E-state index contributed by atoms with van der Waals surface area (Å²) >= 11 is 0. The molecule has 1 atom stereocenters. The van der Waals surface area contributed by atoms with Crippen molar-refractivity contribution in [2.75, 3.05) is 7.05 Å². The first-order chi connectivity index (χ1) is 15.5. The SMILES string of the molecule is CN=C(NCc1ccc(OCc2ccccn2)cc1)NC1CC(C)(C)Oc2ccccc21.I. The molecular weight excluding hydrogens is 527 g/mol. The number of hydrogen-bond acceptors (Lipinski definition) is 4. The van der Waals surface area contributed by atoms with Crippen LogP contribution in [0, 0.1) is 0 Å². The van der Waals surface area contributed by atoms with Gasteiger partial charge in [-0.3, -0.25) is 9.98 Å². The summed E-state index contributed by atoms with van der Waals surface area (Å²) in [5.41, 5.74) is 2.97. The van der Waals surface area contributed by atoms with E-state index < -0.39 is 0 Å². The number of ether oxygens (including phenoxy) is 2. The molecule has 4 rings (SSSR count). The largest absolute Gasteiger partial charge is 0.487 e. The fraction of sp³-hybridized carbons (Fsp3) is 0.308. The van der Waals surface area contributed by atoms with E-state index in [4.69, 9.17) is 9.47 Å². The summed E-state index contributed by atoms with van der Waals surface area (Å²) in [6.45, 7) is 5.35. The molecule has 2 heterocycles. The molecule has 1 aromatic heterocycles. The molecule has 0 spiro atoms. The summed E-state index contributed by atoms with van der Waals surface area (Å²) in [6, 6.07) is 22.2. The Kier molecular flexibility index (Phi) is 8.55. The summed E-state index contributed by atoms with van der Waals surface area (Å²) in [4.78, 5) is 8.70. The first-order valence-corrected chi connectivity index (χ1v) is 10.9. The third-order valence-corrected chi connectivity index (χ3v) is 5.41. The Morgan fingerprint density at radius 2 is 1.85 bits per heavy atom. The molecule has 174 valence electrons. The van der Waals surface area contributed by atoms with Crippen LogP contribution in [-0.2, 0) is 13.2 Å². The predicted octanol–water partition coefficient (Wildman–Crippen LogP) is 5.25. The van der Waals surface area contributed by atoms with Crippen molar-refractivity contribution in [1.29, 1.82) is 0 Å². The Hall–Kier alpha value is -2.81. The van der Waals surface area contributed by atoms with E-state index in [1.807, 2.05) is 48.5 Å². The van der Waals surface area contributed by atoms with Gasteiger partial charge >= 0.3 is 0 Å². The molecule has 33 heavy (non-hydrogen) atoms. The maximum absolute atomic E-state index is 6.14. The van der Waals surface area contributed by atoms with Crippen LogP contribution in [-0.4, -0.2) is 23.6 Å². The molecule has 1 aliphatic heterocycles. The van der Waals surface area contributed by atoms with Crippen LogP contribution in [0.15, 0.2) is 77.9 Å². The minimum Gasteiger partial charge on any atom is -0.487 e. The lowest BCUT2D eigenvalue weighted by molar-refractivity contribution is 0.0694. The normalized spacial score (nSPS) is 16.6. The second-order valence-electron chi connectivity index (χ2n) is 8.48. The molecule has 7 heteroatoms. The van der Waals surface area contributed by atoms with Gasteiger partial charge in [0, 0.05) is 31.8 Å². The lowest BCUT2D eigenvalue weighted by Gasteiger charge is -2.38. The zero-order valence-corrected chi connectivity index (χ0v) is 21.6. The van der Waals surface area contributed by atoms with Crippen LogP contribution in [0.5, 0.6) is 11.5 Å². The van der Waals surface area contributed by atoms with Crippen LogP contribution in [0.25, 0.3) is 0 Å². The zero-order chi connectivity index (χ0) is 22.4. The number of fused-ring (bicyclic) bond motifs is 1. The molecule has 0 saturated heterocycles. The van der Waals surface area contributed by atoms with Gasteiger partial charge in [-0.05, 0) is 49.7 Å². The maximum Gasteiger partial charge on any atom is 0.191 e. The van der Waals surface area contributed by atoms with Crippen LogP contribution in [0.2, 0.25) is 0 Å². The van der Waals surface area contributed by atoms with E-state index in [1.165, 1.54) is 0 Å². The van der Waals surface area contributed by atoms with Crippen molar-refractivity contribution in [3.8, 4) is 11.5 Å². The van der Waals surface area contributed by atoms with Crippen molar-refractivity contribution in [2.24, 2.45) is 4.99 Å². The smallest absolute Gasteiger partial charge is 0.191 e. The monoisotopic (exact) mass is 558 g/mol. The van der Waals surface area contributed by atoms with Crippen molar-refractivity contribution in [3.05, 3.63) is 89.7 Å². The van der Waals surface area contributed by atoms with Crippen molar-refractivity contribution < 1.29 is 9.47 Å². The van der Waals surface area contributed by atoms with E-state index in [2.05, 4.69) is 52.7 Å². The highest BCUT2D eigenvalue weighted by atomic mass is 127. The molecule has 2 aromatic carbocycles. The molecule has 3 aromatic rings. The maximum atomic E-state index is 6.14. The quantitative estimate of drug-likeness (QED) is 0.246. The Balaban J connectivity index is 0.00000306. The Morgan fingerprint density at radius 3 is 2.58 bits per heavy atom. The lowest BCUT2D eigenvalue weighted by atomic mass is 9.90. The number of aliphatic imine (C=N–C) groups is 1. The fourth-order valence-corrected chi connectivity index (χ4v) is 3.82. The summed E-state index contributed by atoms with van der Waals surface area (Å²) in [5.74, 6) is 2.51. The number of rotatable bonds is 6. The molecule has 0 fully saturated rings. The highest BCUT2D eigenvalue weighted by Gasteiger charge is 2.33. The van der Waals surface area contributed by atoms with Gasteiger partial charge in [0.2, 0.25) is 0 Å². The van der Waals surface area contributed by atoms with Gasteiger partial charge in [-0.15, -0.1) is 24.0 Å². The van der Waals surface area contributed by atoms with Crippen LogP contribution >= 0.6 is 24.0 Å². The molecule has 0 amide bonds. The number of guanidine groups is 1. The number of benzene rings is 2. The number of nitrogens with one attached hydrogen (secondary N) is 2. The van der Waals surface area contributed by atoms with Crippen LogP contribution in [0.1, 0.15) is 43.1 Å². The number of hydrogen-bond donors (Lipinski definition) is 2. The van der Waals surface area contributed by atoms with Crippen LogP contribution < -0.4 is 20.1 Å². The van der Waals surface area contributed by atoms with Gasteiger partial charge in [-0.2, -0.15) is 0 Å². The second-order valence-corrected chi connectivity index (χ2v) is 8.48.